The van der Waals surface area contributed by atoms with Gasteiger partial charge in [-0.3, -0.25) is 4.79 Å². The summed E-state index contributed by atoms with van der Waals surface area (Å²) in [4.78, 5) is 14.3. The number of carbonyl (C=O) groups is 1. The van der Waals surface area contributed by atoms with E-state index < -0.39 is 5.41 Å². The van der Waals surface area contributed by atoms with Crippen LogP contribution in [0.25, 0.3) is 0 Å². The van der Waals surface area contributed by atoms with Gasteiger partial charge in [-0.2, -0.15) is 0 Å². The number of benzene rings is 1. The largest absolute Gasteiger partial charge is 0.469 e. The molecular formula is C19H24FN3O2S. The van der Waals surface area contributed by atoms with Crippen LogP contribution in [0.1, 0.15) is 37.3 Å². The van der Waals surface area contributed by atoms with Gasteiger partial charge in [-0.1, -0.05) is 29.5 Å². The molecule has 0 amide bonds. The van der Waals surface area contributed by atoms with Crippen LogP contribution in [-0.2, 0) is 16.0 Å². The Kier molecular flexibility index (Phi) is 5.55. The highest BCUT2D eigenvalue weighted by Crippen LogP contribution is 2.37. The van der Waals surface area contributed by atoms with E-state index >= 15 is 0 Å². The first kappa shape index (κ1) is 18.8. The normalized spacial score (nSPS) is 18.0. The maximum absolute atomic E-state index is 13.8. The summed E-state index contributed by atoms with van der Waals surface area (Å²) in [7, 11) is 1.43. The second-order valence-electron chi connectivity index (χ2n) is 7.24. The van der Waals surface area contributed by atoms with E-state index in [4.69, 9.17) is 4.74 Å². The van der Waals surface area contributed by atoms with E-state index in [9.17, 15) is 9.18 Å². The van der Waals surface area contributed by atoms with Gasteiger partial charge < -0.3 is 9.64 Å². The predicted molar refractivity (Wildman–Crippen MR) is 99.8 cm³/mol. The number of rotatable bonds is 5. The fourth-order valence-electron chi connectivity index (χ4n) is 3.42. The lowest BCUT2D eigenvalue weighted by atomic mass is 9.74. The van der Waals surface area contributed by atoms with E-state index in [0.29, 0.717) is 12.0 Å². The van der Waals surface area contributed by atoms with Gasteiger partial charge >= 0.3 is 5.97 Å². The number of halogens is 1. The van der Waals surface area contributed by atoms with Gasteiger partial charge in [0, 0.05) is 19.5 Å². The van der Waals surface area contributed by atoms with E-state index in [1.165, 1.54) is 24.5 Å². The third-order valence-electron chi connectivity index (χ3n) is 5.18. The fraction of sp³-hybridized carbons (Fsp3) is 0.526. The Labute approximate surface area is 157 Å². The topological polar surface area (TPSA) is 55.3 Å². The van der Waals surface area contributed by atoms with Crippen molar-refractivity contribution >= 4 is 22.4 Å². The third-order valence-corrected chi connectivity index (χ3v) is 6.16. The first-order chi connectivity index (χ1) is 12.4. The summed E-state index contributed by atoms with van der Waals surface area (Å²) in [6.45, 7) is 5.52. The first-order valence-electron chi connectivity index (χ1n) is 8.81. The minimum Gasteiger partial charge on any atom is -0.469 e. The average Bonchev–Trinajstić information content (AvgIpc) is 3.11. The number of esters is 1. The van der Waals surface area contributed by atoms with Gasteiger partial charge in [0.05, 0.1) is 12.5 Å². The Morgan fingerprint density at radius 3 is 2.88 bits per heavy atom. The minimum atomic E-state index is -0.534. The number of methoxy groups -OCH3 is 1. The molecule has 0 N–H and O–H groups in total. The number of piperidine rings is 1. The molecule has 7 heteroatoms. The summed E-state index contributed by atoms with van der Waals surface area (Å²) >= 11 is 1.49. The Balaban J connectivity index is 1.71. The summed E-state index contributed by atoms with van der Waals surface area (Å²) < 4.78 is 18.8. The quantitative estimate of drug-likeness (QED) is 0.744. The molecule has 1 aliphatic heterocycles. The van der Waals surface area contributed by atoms with E-state index in [2.05, 4.69) is 15.1 Å². The smallest absolute Gasteiger partial charge is 0.311 e. The molecule has 1 saturated heterocycles. The molecule has 2 heterocycles. The molecule has 2 aromatic rings. The fourth-order valence-corrected chi connectivity index (χ4v) is 4.31. The molecule has 1 aliphatic rings. The van der Waals surface area contributed by atoms with Crippen molar-refractivity contribution in [1.82, 2.24) is 10.2 Å². The van der Waals surface area contributed by atoms with Gasteiger partial charge in [-0.25, -0.2) is 4.39 Å². The van der Waals surface area contributed by atoms with Crippen molar-refractivity contribution in [2.24, 2.45) is 11.3 Å². The second kappa shape index (κ2) is 7.70. The zero-order valence-corrected chi connectivity index (χ0v) is 16.2. The number of ether oxygens (including phenoxy) is 1. The summed E-state index contributed by atoms with van der Waals surface area (Å²) in [6.07, 6.45) is 2.42. The van der Waals surface area contributed by atoms with Gasteiger partial charge in [-0.05, 0) is 44.2 Å². The molecule has 0 radical (unpaired) electrons. The summed E-state index contributed by atoms with van der Waals surface area (Å²) in [5, 5.41) is 10.2. The van der Waals surface area contributed by atoms with Crippen LogP contribution < -0.4 is 4.90 Å². The lowest BCUT2D eigenvalue weighted by Gasteiger charge is -2.39. The summed E-state index contributed by atoms with van der Waals surface area (Å²) in [5.41, 5.74) is 0.0900. The maximum atomic E-state index is 13.8. The minimum absolute atomic E-state index is 0.179. The van der Waals surface area contributed by atoms with Crippen LogP contribution in [-0.4, -0.2) is 36.4 Å². The Bertz CT molecular complexity index is 778. The first-order valence-corrected chi connectivity index (χ1v) is 9.62. The van der Waals surface area contributed by atoms with Gasteiger partial charge in [0.25, 0.3) is 0 Å². The molecule has 0 saturated carbocycles. The molecular weight excluding hydrogens is 353 g/mol. The van der Waals surface area contributed by atoms with Gasteiger partial charge in [0.2, 0.25) is 5.13 Å². The van der Waals surface area contributed by atoms with Crippen molar-refractivity contribution in [3.8, 4) is 0 Å². The molecule has 26 heavy (non-hydrogen) atoms. The Hall–Kier alpha value is -2.02. The summed E-state index contributed by atoms with van der Waals surface area (Å²) in [5.74, 6) is -0.202. The van der Waals surface area contributed by atoms with E-state index in [1.54, 1.807) is 12.1 Å². The number of hydrogen-bond acceptors (Lipinski definition) is 6. The van der Waals surface area contributed by atoms with Crippen LogP contribution in [0.3, 0.4) is 0 Å². The molecule has 1 atom stereocenters. The molecule has 0 aliphatic carbocycles. The molecule has 0 bridgehead atoms. The molecule has 140 valence electrons. The van der Waals surface area contributed by atoms with Crippen molar-refractivity contribution in [3.63, 3.8) is 0 Å². The van der Waals surface area contributed by atoms with E-state index in [-0.39, 0.29) is 17.7 Å². The van der Waals surface area contributed by atoms with Crippen molar-refractivity contribution in [2.45, 2.75) is 33.1 Å². The average molecular weight is 377 g/mol. The van der Waals surface area contributed by atoms with Gasteiger partial charge in [0.1, 0.15) is 10.8 Å². The van der Waals surface area contributed by atoms with Crippen LogP contribution >= 0.6 is 11.3 Å². The highest BCUT2D eigenvalue weighted by Gasteiger charge is 2.40. The Morgan fingerprint density at radius 1 is 1.38 bits per heavy atom. The molecule has 1 unspecified atom stereocenters. The second-order valence-corrected chi connectivity index (χ2v) is 8.29. The molecule has 5 nitrogen and oxygen atoms in total. The van der Waals surface area contributed by atoms with Gasteiger partial charge in [-0.15, -0.1) is 10.2 Å². The van der Waals surface area contributed by atoms with E-state index in [0.717, 1.165) is 36.1 Å². The molecule has 1 aromatic heterocycles. The van der Waals surface area contributed by atoms with Crippen LogP contribution in [0.4, 0.5) is 9.52 Å². The number of hydrogen-bond donors (Lipinski definition) is 0. The van der Waals surface area contributed by atoms with E-state index in [1.807, 2.05) is 19.9 Å². The number of anilines is 1. The standard InChI is InChI=1S/C19H24FN3O2S/c1-19(2,17(24)25-3)14-8-6-10-23(12-14)18-22-21-16(26-18)11-13-7-4-5-9-15(13)20/h4-5,7,9,14H,6,8,10-12H2,1-3H3. The van der Waals surface area contributed by atoms with Crippen LogP contribution in [0.2, 0.25) is 0 Å². The maximum Gasteiger partial charge on any atom is 0.311 e. The van der Waals surface area contributed by atoms with Crippen molar-refractivity contribution in [1.29, 1.82) is 0 Å². The lowest BCUT2D eigenvalue weighted by molar-refractivity contribution is -0.154. The molecule has 1 aromatic carbocycles. The third kappa shape index (κ3) is 3.87. The molecule has 0 spiro atoms. The number of nitrogens with zero attached hydrogens (tertiary/aromatic N) is 3. The van der Waals surface area contributed by atoms with Gasteiger partial charge in [0.15, 0.2) is 0 Å². The SMILES string of the molecule is COC(=O)C(C)(C)C1CCCN(c2nnc(Cc3ccccc3F)s2)C1. The zero-order valence-electron chi connectivity index (χ0n) is 15.4. The number of aromatic nitrogens is 2. The molecule has 1 fully saturated rings. The monoisotopic (exact) mass is 377 g/mol. The number of carbonyl (C=O) groups excluding carboxylic acids is 1. The predicted octanol–water partition coefficient (Wildman–Crippen LogP) is 3.68. The Morgan fingerprint density at radius 2 is 2.15 bits per heavy atom. The summed E-state index contributed by atoms with van der Waals surface area (Å²) in [6, 6.07) is 6.74. The highest BCUT2D eigenvalue weighted by molar-refractivity contribution is 7.15. The zero-order chi connectivity index (χ0) is 18.7. The van der Waals surface area contributed by atoms with Crippen molar-refractivity contribution in [2.75, 3.05) is 25.1 Å². The van der Waals surface area contributed by atoms with Crippen LogP contribution in [0.5, 0.6) is 0 Å². The molecule has 3 rings (SSSR count). The van der Waals surface area contributed by atoms with Crippen LogP contribution in [0.15, 0.2) is 24.3 Å². The highest BCUT2D eigenvalue weighted by atomic mass is 32.1. The van der Waals surface area contributed by atoms with Crippen molar-refractivity contribution < 1.29 is 13.9 Å². The van der Waals surface area contributed by atoms with Crippen LogP contribution in [0, 0.1) is 17.2 Å². The van der Waals surface area contributed by atoms with Crippen molar-refractivity contribution in [3.05, 3.63) is 40.7 Å². The lowest BCUT2D eigenvalue weighted by Crippen LogP contribution is -2.45.